The van der Waals surface area contributed by atoms with Gasteiger partial charge in [-0.15, -0.1) is 11.3 Å². The summed E-state index contributed by atoms with van der Waals surface area (Å²) in [7, 11) is 0. The number of benzene rings is 2. The van der Waals surface area contributed by atoms with E-state index in [1.54, 1.807) is 12.1 Å². The molecule has 0 radical (unpaired) electrons. The Morgan fingerprint density at radius 3 is 2.46 bits per heavy atom. The predicted molar refractivity (Wildman–Crippen MR) is 113 cm³/mol. The number of nitrogens with one attached hydrogen (secondary N) is 1. The fraction of sp³-hybridized carbons (Fsp3) is 0.0870. The fourth-order valence-corrected chi connectivity index (χ4v) is 4.11. The molecule has 2 aromatic heterocycles. The lowest BCUT2D eigenvalue weighted by Gasteiger charge is -2.12. The lowest BCUT2D eigenvalue weighted by molar-refractivity contribution is 0.103. The summed E-state index contributed by atoms with van der Waals surface area (Å²) in [6.45, 7) is 3.97. The van der Waals surface area contributed by atoms with Crippen LogP contribution in [0.4, 0.5) is 10.1 Å². The normalized spacial score (nSPS) is 10.8. The molecule has 0 aliphatic heterocycles. The van der Waals surface area contributed by atoms with E-state index in [9.17, 15) is 9.18 Å². The molecule has 0 atom stereocenters. The molecule has 0 bridgehead atoms. The maximum absolute atomic E-state index is 13.4. The van der Waals surface area contributed by atoms with Gasteiger partial charge in [-0.2, -0.15) is 0 Å². The van der Waals surface area contributed by atoms with Gasteiger partial charge in [-0.05, 0) is 60.9 Å². The van der Waals surface area contributed by atoms with Crippen molar-refractivity contribution >= 4 is 22.9 Å². The molecule has 3 nitrogen and oxygen atoms in total. The zero-order chi connectivity index (χ0) is 19.7. The van der Waals surface area contributed by atoms with Crippen LogP contribution in [0.5, 0.6) is 0 Å². The number of nitrogens with zero attached hydrogens (tertiary/aromatic N) is 1. The largest absolute Gasteiger partial charge is 0.322 e. The molecule has 0 aliphatic carbocycles. The van der Waals surface area contributed by atoms with E-state index in [4.69, 9.17) is 0 Å². The van der Waals surface area contributed by atoms with E-state index < -0.39 is 0 Å². The van der Waals surface area contributed by atoms with Gasteiger partial charge in [0.15, 0.2) is 0 Å². The van der Waals surface area contributed by atoms with Crippen LogP contribution in [-0.2, 0) is 0 Å². The summed E-state index contributed by atoms with van der Waals surface area (Å²) in [6.07, 6.45) is 3.81. The molecule has 0 saturated heterocycles. The van der Waals surface area contributed by atoms with Crippen LogP contribution in [0, 0.1) is 19.7 Å². The van der Waals surface area contributed by atoms with E-state index in [0.29, 0.717) is 4.88 Å². The Morgan fingerprint density at radius 2 is 1.75 bits per heavy atom. The van der Waals surface area contributed by atoms with Crippen LogP contribution in [0.3, 0.4) is 0 Å². The van der Waals surface area contributed by atoms with Crippen LogP contribution in [0.15, 0.2) is 72.4 Å². The van der Waals surface area contributed by atoms with Gasteiger partial charge in [-0.1, -0.05) is 24.3 Å². The van der Waals surface area contributed by atoms with Crippen molar-refractivity contribution < 1.29 is 9.18 Å². The number of halogens is 1. The maximum Gasteiger partial charge on any atom is 0.267 e. The van der Waals surface area contributed by atoms with E-state index in [1.807, 2.05) is 66.5 Å². The molecule has 1 N–H and O–H groups in total. The SMILES string of the molecule is Cc1ccc(C)c(NC(=O)c2scc(-c3ccc(F)cc3)c2-n2cccc2)c1. The summed E-state index contributed by atoms with van der Waals surface area (Å²) in [6, 6.07) is 16.1. The van der Waals surface area contributed by atoms with Crippen LogP contribution >= 0.6 is 11.3 Å². The van der Waals surface area contributed by atoms with Gasteiger partial charge in [0.25, 0.3) is 5.91 Å². The van der Waals surface area contributed by atoms with Crippen molar-refractivity contribution in [2.45, 2.75) is 13.8 Å². The fourth-order valence-electron chi connectivity index (χ4n) is 3.14. The molecule has 140 valence electrons. The highest BCUT2D eigenvalue weighted by atomic mass is 32.1. The van der Waals surface area contributed by atoms with E-state index in [2.05, 4.69) is 5.32 Å². The molecule has 2 heterocycles. The van der Waals surface area contributed by atoms with Crippen molar-refractivity contribution in [3.63, 3.8) is 0 Å². The van der Waals surface area contributed by atoms with Crippen molar-refractivity contribution in [2.75, 3.05) is 5.32 Å². The molecule has 0 spiro atoms. The van der Waals surface area contributed by atoms with Crippen molar-refractivity contribution in [2.24, 2.45) is 0 Å². The van der Waals surface area contributed by atoms with Gasteiger partial charge >= 0.3 is 0 Å². The van der Waals surface area contributed by atoms with Gasteiger partial charge in [0, 0.05) is 29.0 Å². The third kappa shape index (κ3) is 3.49. The van der Waals surface area contributed by atoms with E-state index in [0.717, 1.165) is 33.6 Å². The number of amides is 1. The van der Waals surface area contributed by atoms with Gasteiger partial charge in [0.1, 0.15) is 10.7 Å². The Labute approximate surface area is 167 Å². The number of carbonyl (C=O) groups excluding carboxylic acids is 1. The summed E-state index contributed by atoms with van der Waals surface area (Å²) in [5.74, 6) is -0.440. The molecule has 0 aliphatic rings. The van der Waals surface area contributed by atoms with Crippen LogP contribution in [0.2, 0.25) is 0 Å². The third-order valence-corrected chi connectivity index (χ3v) is 5.60. The zero-order valence-corrected chi connectivity index (χ0v) is 16.4. The molecular weight excluding hydrogens is 371 g/mol. The van der Waals surface area contributed by atoms with Crippen molar-refractivity contribution in [3.05, 3.63) is 94.2 Å². The molecule has 0 saturated carbocycles. The molecular formula is C23H19FN2OS. The third-order valence-electron chi connectivity index (χ3n) is 4.63. The quantitative estimate of drug-likeness (QED) is 0.441. The Hall–Kier alpha value is -3.18. The monoisotopic (exact) mass is 390 g/mol. The van der Waals surface area contributed by atoms with E-state index >= 15 is 0 Å². The highest BCUT2D eigenvalue weighted by Crippen LogP contribution is 2.35. The second-order valence-electron chi connectivity index (χ2n) is 6.70. The van der Waals surface area contributed by atoms with Gasteiger partial charge < -0.3 is 9.88 Å². The van der Waals surface area contributed by atoms with Gasteiger partial charge in [0.05, 0.1) is 5.69 Å². The lowest BCUT2D eigenvalue weighted by Crippen LogP contribution is -2.14. The Bertz CT molecular complexity index is 1130. The molecule has 0 fully saturated rings. The second kappa shape index (κ2) is 7.44. The average molecular weight is 390 g/mol. The molecule has 2 aromatic carbocycles. The van der Waals surface area contributed by atoms with Crippen LogP contribution in [0.1, 0.15) is 20.8 Å². The number of hydrogen-bond acceptors (Lipinski definition) is 2. The Morgan fingerprint density at radius 1 is 1.04 bits per heavy atom. The van der Waals surface area contributed by atoms with Gasteiger partial charge in [-0.25, -0.2) is 4.39 Å². The summed E-state index contributed by atoms with van der Waals surface area (Å²) < 4.78 is 15.3. The highest BCUT2D eigenvalue weighted by Gasteiger charge is 2.21. The summed E-state index contributed by atoms with van der Waals surface area (Å²) in [5, 5.41) is 4.99. The van der Waals surface area contributed by atoms with E-state index in [-0.39, 0.29) is 11.7 Å². The average Bonchev–Trinajstić information content (AvgIpc) is 3.34. The van der Waals surface area contributed by atoms with Crippen molar-refractivity contribution in [1.82, 2.24) is 4.57 Å². The standard InChI is InChI=1S/C23H19FN2OS/c1-15-5-6-16(2)20(13-15)25-23(27)22-21(26-11-3-4-12-26)19(14-28-22)17-7-9-18(24)10-8-17/h3-14H,1-2H3,(H,25,27). The van der Waals surface area contributed by atoms with E-state index in [1.165, 1.54) is 23.5 Å². The number of anilines is 1. The Balaban J connectivity index is 1.78. The topological polar surface area (TPSA) is 34.0 Å². The van der Waals surface area contributed by atoms with Gasteiger partial charge in [0.2, 0.25) is 0 Å². The number of thiophene rings is 1. The number of carbonyl (C=O) groups is 1. The molecule has 0 unspecified atom stereocenters. The molecule has 28 heavy (non-hydrogen) atoms. The first kappa shape index (κ1) is 18.2. The molecule has 4 rings (SSSR count). The predicted octanol–water partition coefficient (Wildman–Crippen LogP) is 6.21. The van der Waals surface area contributed by atoms with Crippen molar-refractivity contribution in [3.8, 4) is 16.8 Å². The zero-order valence-electron chi connectivity index (χ0n) is 15.6. The lowest BCUT2D eigenvalue weighted by atomic mass is 10.1. The summed E-state index contributed by atoms with van der Waals surface area (Å²) in [5.41, 5.74) is 5.46. The molecule has 1 amide bonds. The minimum Gasteiger partial charge on any atom is -0.322 e. The van der Waals surface area contributed by atoms with Crippen LogP contribution in [0.25, 0.3) is 16.8 Å². The highest BCUT2D eigenvalue weighted by molar-refractivity contribution is 7.13. The minimum atomic E-state index is -0.283. The number of aromatic nitrogens is 1. The molecule has 4 aromatic rings. The minimum absolute atomic E-state index is 0.157. The maximum atomic E-state index is 13.4. The first-order valence-electron chi connectivity index (χ1n) is 8.92. The smallest absolute Gasteiger partial charge is 0.267 e. The first-order chi connectivity index (χ1) is 13.5. The van der Waals surface area contributed by atoms with Crippen LogP contribution in [-0.4, -0.2) is 10.5 Å². The second-order valence-corrected chi connectivity index (χ2v) is 7.58. The van der Waals surface area contributed by atoms with Gasteiger partial charge in [-0.3, -0.25) is 4.79 Å². The first-order valence-corrected chi connectivity index (χ1v) is 9.80. The van der Waals surface area contributed by atoms with Crippen molar-refractivity contribution in [1.29, 1.82) is 0 Å². The number of hydrogen-bond donors (Lipinski definition) is 1. The summed E-state index contributed by atoms with van der Waals surface area (Å²) in [4.78, 5) is 13.7. The number of aryl methyl sites for hydroxylation is 2. The Kier molecular flexibility index (Phi) is 4.84. The molecule has 5 heteroatoms. The number of rotatable bonds is 4. The van der Waals surface area contributed by atoms with Crippen LogP contribution < -0.4 is 5.32 Å². The summed E-state index contributed by atoms with van der Waals surface area (Å²) >= 11 is 1.38.